The highest BCUT2D eigenvalue weighted by Crippen LogP contribution is 2.01. The second kappa shape index (κ2) is 3.14. The maximum absolute atomic E-state index is 9.84. The third kappa shape index (κ3) is 7.87. The SMILES string of the molecule is CC(C)[CH]OS(=O)(=O)O. The summed E-state index contributed by atoms with van der Waals surface area (Å²) in [4.78, 5) is 0. The Morgan fingerprint density at radius 3 is 2.11 bits per heavy atom. The largest absolute Gasteiger partial charge is 0.397 e. The summed E-state index contributed by atoms with van der Waals surface area (Å²) in [5.41, 5.74) is 0. The van der Waals surface area contributed by atoms with Crippen LogP contribution >= 0.6 is 0 Å². The summed E-state index contributed by atoms with van der Waals surface area (Å²) in [6.45, 7) is 4.49. The molecule has 1 N–H and O–H groups in total. The van der Waals surface area contributed by atoms with Crippen molar-refractivity contribution < 1.29 is 17.2 Å². The quantitative estimate of drug-likeness (QED) is 0.604. The molecular formula is C4H9O4S. The zero-order valence-electron chi connectivity index (χ0n) is 5.23. The van der Waals surface area contributed by atoms with Gasteiger partial charge in [0.05, 0.1) is 0 Å². The normalized spacial score (nSPS) is 12.4. The molecule has 0 aliphatic heterocycles. The van der Waals surface area contributed by atoms with E-state index in [2.05, 4.69) is 4.18 Å². The van der Waals surface area contributed by atoms with Crippen LogP contribution < -0.4 is 0 Å². The Kier molecular flexibility index (Phi) is 3.10. The monoisotopic (exact) mass is 153 g/mol. The molecule has 0 aliphatic carbocycles. The van der Waals surface area contributed by atoms with Gasteiger partial charge >= 0.3 is 10.4 Å². The number of hydrogen-bond acceptors (Lipinski definition) is 3. The van der Waals surface area contributed by atoms with Gasteiger partial charge in [-0.2, -0.15) is 8.42 Å². The molecule has 1 radical (unpaired) electrons. The molecule has 5 heteroatoms. The second-order valence-electron chi connectivity index (χ2n) is 1.90. The van der Waals surface area contributed by atoms with E-state index in [1.54, 1.807) is 13.8 Å². The average molecular weight is 153 g/mol. The molecule has 0 amide bonds. The van der Waals surface area contributed by atoms with Crippen LogP contribution in [0, 0.1) is 12.5 Å². The van der Waals surface area contributed by atoms with Gasteiger partial charge < -0.3 is 0 Å². The maximum Gasteiger partial charge on any atom is 0.397 e. The van der Waals surface area contributed by atoms with Gasteiger partial charge in [-0.3, -0.25) is 4.55 Å². The van der Waals surface area contributed by atoms with E-state index in [0.717, 1.165) is 6.61 Å². The Hall–Kier alpha value is -0.130. The van der Waals surface area contributed by atoms with E-state index in [-0.39, 0.29) is 5.92 Å². The Balaban J connectivity index is 3.53. The first-order chi connectivity index (χ1) is 3.92. The molecular weight excluding hydrogens is 144 g/mol. The maximum atomic E-state index is 9.84. The van der Waals surface area contributed by atoms with Crippen molar-refractivity contribution in [1.82, 2.24) is 0 Å². The summed E-state index contributed by atoms with van der Waals surface area (Å²) < 4.78 is 31.6. The van der Waals surface area contributed by atoms with Crippen molar-refractivity contribution >= 4 is 10.4 Å². The lowest BCUT2D eigenvalue weighted by Gasteiger charge is -1.99. The minimum Gasteiger partial charge on any atom is -0.264 e. The third-order valence-corrected chi connectivity index (χ3v) is 0.804. The molecule has 4 nitrogen and oxygen atoms in total. The summed E-state index contributed by atoms with van der Waals surface area (Å²) in [7, 11) is -4.27. The van der Waals surface area contributed by atoms with Crippen molar-refractivity contribution in [3.63, 3.8) is 0 Å². The first-order valence-electron chi connectivity index (χ1n) is 2.41. The molecule has 55 valence electrons. The lowest BCUT2D eigenvalue weighted by molar-refractivity contribution is 0.297. The van der Waals surface area contributed by atoms with Gasteiger partial charge in [-0.25, -0.2) is 4.18 Å². The van der Waals surface area contributed by atoms with Crippen LogP contribution in [0.5, 0.6) is 0 Å². The van der Waals surface area contributed by atoms with E-state index < -0.39 is 10.4 Å². The van der Waals surface area contributed by atoms with Gasteiger partial charge in [0.2, 0.25) is 0 Å². The van der Waals surface area contributed by atoms with E-state index in [4.69, 9.17) is 4.55 Å². The summed E-state index contributed by atoms with van der Waals surface area (Å²) in [5.74, 6) is -0.0214. The molecule has 0 aromatic heterocycles. The van der Waals surface area contributed by atoms with Crippen LogP contribution in [0.1, 0.15) is 13.8 Å². The van der Waals surface area contributed by atoms with E-state index >= 15 is 0 Å². The van der Waals surface area contributed by atoms with Crippen molar-refractivity contribution in [2.24, 2.45) is 5.92 Å². The third-order valence-electron chi connectivity index (χ3n) is 0.449. The second-order valence-corrected chi connectivity index (χ2v) is 2.95. The predicted octanol–water partition coefficient (Wildman–Crippen LogP) is 0.624. The number of hydrogen-bond donors (Lipinski definition) is 1. The first kappa shape index (κ1) is 8.87. The molecule has 0 atom stereocenters. The molecule has 0 rings (SSSR count). The van der Waals surface area contributed by atoms with Gasteiger partial charge in [0.25, 0.3) is 0 Å². The molecule has 0 unspecified atom stereocenters. The molecule has 0 aliphatic rings. The highest BCUT2D eigenvalue weighted by atomic mass is 32.3. The van der Waals surface area contributed by atoms with Crippen LogP contribution in [0.15, 0.2) is 0 Å². The molecule has 0 fully saturated rings. The van der Waals surface area contributed by atoms with Crippen molar-refractivity contribution in [3.8, 4) is 0 Å². The lowest BCUT2D eigenvalue weighted by atomic mass is 10.2. The zero-order valence-corrected chi connectivity index (χ0v) is 6.05. The minimum absolute atomic E-state index is 0.0214. The predicted molar refractivity (Wildman–Crippen MR) is 31.8 cm³/mol. The summed E-state index contributed by atoms with van der Waals surface area (Å²) in [6.07, 6.45) is 0. The molecule has 0 spiro atoms. The molecule has 0 aromatic carbocycles. The smallest absolute Gasteiger partial charge is 0.264 e. The van der Waals surface area contributed by atoms with Crippen LogP contribution in [0.3, 0.4) is 0 Å². The van der Waals surface area contributed by atoms with Gasteiger partial charge in [0, 0.05) is 0 Å². The Morgan fingerprint density at radius 2 is 2.00 bits per heavy atom. The van der Waals surface area contributed by atoms with Crippen molar-refractivity contribution in [2.75, 3.05) is 0 Å². The summed E-state index contributed by atoms with van der Waals surface area (Å²) in [5, 5.41) is 0. The topological polar surface area (TPSA) is 63.6 Å². The van der Waals surface area contributed by atoms with Crippen LogP contribution in [0.4, 0.5) is 0 Å². The standard InChI is InChI=1S/C4H9O4S/c1-4(2)3-8-9(5,6)7/h3-4H,1-2H3,(H,5,6,7). The van der Waals surface area contributed by atoms with Crippen molar-refractivity contribution in [2.45, 2.75) is 13.8 Å². The fraction of sp³-hybridized carbons (Fsp3) is 0.750. The summed E-state index contributed by atoms with van der Waals surface area (Å²) in [6, 6.07) is 0. The Bertz CT molecular complexity index is 157. The van der Waals surface area contributed by atoms with E-state index in [1.165, 1.54) is 0 Å². The van der Waals surface area contributed by atoms with E-state index in [9.17, 15) is 8.42 Å². The van der Waals surface area contributed by atoms with E-state index in [1.807, 2.05) is 0 Å². The Labute approximate surface area is 54.8 Å². The van der Waals surface area contributed by atoms with Gasteiger partial charge in [-0.1, -0.05) is 13.8 Å². The van der Waals surface area contributed by atoms with Gasteiger partial charge in [0.1, 0.15) is 6.61 Å². The van der Waals surface area contributed by atoms with Gasteiger partial charge in [-0.15, -0.1) is 0 Å². The molecule has 9 heavy (non-hydrogen) atoms. The van der Waals surface area contributed by atoms with Crippen molar-refractivity contribution in [1.29, 1.82) is 0 Å². The highest BCUT2D eigenvalue weighted by Gasteiger charge is 2.05. The van der Waals surface area contributed by atoms with Gasteiger partial charge in [-0.05, 0) is 5.92 Å². The average Bonchev–Trinajstić information content (AvgIpc) is 1.59. The van der Waals surface area contributed by atoms with Crippen molar-refractivity contribution in [3.05, 3.63) is 6.61 Å². The van der Waals surface area contributed by atoms with Gasteiger partial charge in [0.15, 0.2) is 0 Å². The van der Waals surface area contributed by atoms with Crippen LogP contribution in [-0.2, 0) is 14.6 Å². The van der Waals surface area contributed by atoms with Crippen LogP contribution in [0.25, 0.3) is 0 Å². The highest BCUT2D eigenvalue weighted by molar-refractivity contribution is 7.80. The number of rotatable bonds is 3. The Morgan fingerprint density at radius 1 is 1.56 bits per heavy atom. The van der Waals surface area contributed by atoms with E-state index in [0.29, 0.717) is 0 Å². The lowest BCUT2D eigenvalue weighted by Crippen LogP contribution is -2.03. The molecule has 0 aromatic rings. The minimum atomic E-state index is -4.27. The fourth-order valence-electron chi connectivity index (χ4n) is 0.181. The van der Waals surface area contributed by atoms with Crippen LogP contribution in [-0.4, -0.2) is 13.0 Å². The first-order valence-corrected chi connectivity index (χ1v) is 3.77. The molecule has 0 saturated heterocycles. The molecule has 0 heterocycles. The van der Waals surface area contributed by atoms with Crippen LogP contribution in [0.2, 0.25) is 0 Å². The molecule has 0 bridgehead atoms. The molecule has 0 saturated carbocycles. The fourth-order valence-corrected chi connectivity index (χ4v) is 0.544. The zero-order chi connectivity index (χ0) is 7.49. The summed E-state index contributed by atoms with van der Waals surface area (Å²) >= 11 is 0.